The zero-order valence-corrected chi connectivity index (χ0v) is 22.3. The number of benzene rings is 4. The van der Waals surface area contributed by atoms with Gasteiger partial charge in [0.2, 0.25) is 5.88 Å². The molecule has 6 aromatic rings. The van der Waals surface area contributed by atoms with E-state index in [0.29, 0.717) is 28.9 Å². The van der Waals surface area contributed by atoms with Crippen molar-refractivity contribution < 1.29 is 18.9 Å². The van der Waals surface area contributed by atoms with E-state index in [4.69, 9.17) is 23.9 Å². The molecule has 0 unspecified atom stereocenters. The second-order valence-electron chi connectivity index (χ2n) is 9.72. The molecule has 0 spiro atoms. The van der Waals surface area contributed by atoms with Crippen LogP contribution in [0.15, 0.2) is 85.2 Å². The Bertz CT molecular complexity index is 1880. The molecule has 0 radical (unpaired) electrons. The Morgan fingerprint density at radius 1 is 0.900 bits per heavy atom. The molecule has 4 aromatic carbocycles. The lowest BCUT2D eigenvalue weighted by molar-refractivity contribution is 0.296. The van der Waals surface area contributed by atoms with Crippen LogP contribution in [0.25, 0.3) is 16.4 Å². The fourth-order valence-electron chi connectivity index (χ4n) is 5.31. The van der Waals surface area contributed by atoms with Crippen molar-refractivity contribution in [2.75, 3.05) is 14.2 Å². The van der Waals surface area contributed by atoms with Crippen molar-refractivity contribution >= 4 is 16.4 Å². The van der Waals surface area contributed by atoms with Crippen LogP contribution >= 0.6 is 0 Å². The molecule has 0 fully saturated rings. The van der Waals surface area contributed by atoms with E-state index in [-0.39, 0.29) is 12.5 Å². The zero-order chi connectivity index (χ0) is 27.2. The van der Waals surface area contributed by atoms with Gasteiger partial charge in [0.25, 0.3) is 0 Å². The monoisotopic (exact) mass is 530 g/mol. The molecule has 40 heavy (non-hydrogen) atoms. The van der Waals surface area contributed by atoms with Crippen molar-refractivity contribution in [3.8, 4) is 28.9 Å². The smallest absolute Gasteiger partial charge is 0.228 e. The molecular weight excluding hydrogens is 504 g/mol. The van der Waals surface area contributed by atoms with E-state index in [9.17, 15) is 0 Å². The summed E-state index contributed by atoms with van der Waals surface area (Å²) in [5.74, 6) is 3.65. The third-order valence-corrected chi connectivity index (χ3v) is 7.27. The highest BCUT2D eigenvalue weighted by Gasteiger charge is 2.34. The fraction of sp³-hybridized carbons (Fsp3) is 0.156. The molecule has 1 atom stereocenters. The van der Waals surface area contributed by atoms with Crippen LogP contribution in [0.4, 0.5) is 0 Å². The van der Waals surface area contributed by atoms with Crippen molar-refractivity contribution in [3.63, 3.8) is 0 Å². The van der Waals surface area contributed by atoms with Gasteiger partial charge in [0.1, 0.15) is 24.4 Å². The maximum atomic E-state index is 6.52. The average Bonchev–Trinajstić information content (AvgIpc) is 3.43. The number of aromatic nitrogens is 4. The van der Waals surface area contributed by atoms with Gasteiger partial charge in [-0.1, -0.05) is 60.2 Å². The van der Waals surface area contributed by atoms with Gasteiger partial charge in [-0.15, -0.1) is 5.10 Å². The lowest BCUT2D eigenvalue weighted by atomic mass is 9.82. The number of aryl methyl sites for hydroxylation is 1. The molecule has 2 aromatic heterocycles. The number of rotatable bonds is 6. The van der Waals surface area contributed by atoms with Crippen LogP contribution in [0, 0.1) is 6.92 Å². The van der Waals surface area contributed by atoms with Crippen LogP contribution in [0.2, 0.25) is 0 Å². The van der Waals surface area contributed by atoms with Crippen LogP contribution in [0.5, 0.6) is 28.9 Å². The molecule has 1 aliphatic heterocycles. The first kappa shape index (κ1) is 24.0. The van der Waals surface area contributed by atoms with Gasteiger partial charge in [-0.25, -0.2) is 14.5 Å². The predicted octanol–water partition coefficient (Wildman–Crippen LogP) is 6.47. The first-order valence-electron chi connectivity index (χ1n) is 13.0. The number of hydrogen-bond acceptors (Lipinski definition) is 7. The van der Waals surface area contributed by atoms with Crippen molar-refractivity contribution in [2.45, 2.75) is 19.4 Å². The van der Waals surface area contributed by atoms with Crippen LogP contribution in [-0.4, -0.2) is 33.8 Å². The first-order chi connectivity index (χ1) is 19.6. The highest BCUT2D eigenvalue weighted by molar-refractivity contribution is 5.91. The fourth-order valence-corrected chi connectivity index (χ4v) is 5.31. The normalized spacial score (nSPS) is 13.9. The molecule has 8 nitrogen and oxygen atoms in total. The molecule has 0 saturated carbocycles. The summed E-state index contributed by atoms with van der Waals surface area (Å²) in [6, 6.07) is 26.3. The summed E-state index contributed by atoms with van der Waals surface area (Å²) in [6.07, 6.45) is 1.64. The largest absolute Gasteiger partial charge is 0.493 e. The Labute approximate surface area is 230 Å². The Hall–Kier alpha value is -5.11. The summed E-state index contributed by atoms with van der Waals surface area (Å²) >= 11 is 0. The van der Waals surface area contributed by atoms with Crippen molar-refractivity contribution in [2.24, 2.45) is 0 Å². The van der Waals surface area contributed by atoms with Gasteiger partial charge >= 0.3 is 0 Å². The summed E-state index contributed by atoms with van der Waals surface area (Å²) in [7, 11) is 3.27. The molecular formula is C32H26N4O4. The average molecular weight is 531 g/mol. The summed E-state index contributed by atoms with van der Waals surface area (Å²) in [5, 5.41) is 6.78. The third-order valence-electron chi connectivity index (χ3n) is 7.27. The van der Waals surface area contributed by atoms with Gasteiger partial charge < -0.3 is 18.9 Å². The molecule has 3 heterocycles. The van der Waals surface area contributed by atoms with Gasteiger partial charge in [0, 0.05) is 16.9 Å². The van der Waals surface area contributed by atoms with Crippen molar-refractivity contribution in [1.29, 1.82) is 0 Å². The molecule has 1 aliphatic rings. The maximum absolute atomic E-state index is 6.52. The molecule has 0 aliphatic carbocycles. The molecule has 0 bridgehead atoms. The SMILES string of the molecule is COc1ccc([C@H]2c3ccc4ccccc4c3Oc3ncn4nc(COc5ccc(C)cc5)nc4c32)cc1OC. The minimum atomic E-state index is -0.241. The molecule has 0 saturated heterocycles. The number of fused-ring (bicyclic) bond motifs is 6. The zero-order valence-electron chi connectivity index (χ0n) is 22.3. The quantitative estimate of drug-likeness (QED) is 0.244. The highest BCUT2D eigenvalue weighted by Crippen LogP contribution is 2.51. The molecule has 7 rings (SSSR count). The Kier molecular flexibility index (Phi) is 5.73. The molecule has 8 heteroatoms. The highest BCUT2D eigenvalue weighted by atomic mass is 16.5. The van der Waals surface area contributed by atoms with Crippen LogP contribution < -0.4 is 18.9 Å². The van der Waals surface area contributed by atoms with Gasteiger partial charge in [-0.05, 0) is 42.1 Å². The van der Waals surface area contributed by atoms with E-state index in [1.807, 2.05) is 61.5 Å². The molecule has 0 N–H and O–H groups in total. The number of hydrogen-bond donors (Lipinski definition) is 0. The summed E-state index contributed by atoms with van der Waals surface area (Å²) in [5.41, 5.74) is 4.66. The van der Waals surface area contributed by atoms with Gasteiger partial charge in [0.05, 0.1) is 19.8 Å². The van der Waals surface area contributed by atoms with E-state index < -0.39 is 0 Å². The topological polar surface area (TPSA) is 80.0 Å². The number of methoxy groups -OCH3 is 2. The van der Waals surface area contributed by atoms with E-state index in [1.54, 1.807) is 25.1 Å². The van der Waals surface area contributed by atoms with Crippen molar-refractivity contribution in [3.05, 3.63) is 113 Å². The minimum Gasteiger partial charge on any atom is -0.493 e. The molecule has 198 valence electrons. The van der Waals surface area contributed by atoms with Gasteiger partial charge in [0.15, 0.2) is 23.0 Å². The van der Waals surface area contributed by atoms with E-state index in [0.717, 1.165) is 39.0 Å². The third kappa shape index (κ3) is 3.96. The summed E-state index contributed by atoms with van der Waals surface area (Å²) < 4.78 is 25.4. The van der Waals surface area contributed by atoms with Crippen LogP contribution in [0.3, 0.4) is 0 Å². The van der Waals surface area contributed by atoms with Gasteiger partial charge in [-0.2, -0.15) is 0 Å². The van der Waals surface area contributed by atoms with Gasteiger partial charge in [-0.3, -0.25) is 0 Å². The predicted molar refractivity (Wildman–Crippen MR) is 151 cm³/mol. The van der Waals surface area contributed by atoms with E-state index >= 15 is 0 Å². The number of nitrogens with zero attached hydrogens (tertiary/aromatic N) is 4. The summed E-state index contributed by atoms with van der Waals surface area (Å²) in [6.45, 7) is 2.27. The first-order valence-corrected chi connectivity index (χ1v) is 13.0. The lowest BCUT2D eigenvalue weighted by Gasteiger charge is -2.29. The van der Waals surface area contributed by atoms with Crippen LogP contribution in [-0.2, 0) is 6.61 Å². The summed E-state index contributed by atoms with van der Waals surface area (Å²) in [4.78, 5) is 9.58. The van der Waals surface area contributed by atoms with Crippen molar-refractivity contribution in [1.82, 2.24) is 19.6 Å². The Morgan fingerprint density at radius 2 is 1.73 bits per heavy atom. The van der Waals surface area contributed by atoms with E-state index in [1.165, 1.54) is 5.56 Å². The lowest BCUT2D eigenvalue weighted by Crippen LogP contribution is -2.15. The second-order valence-corrected chi connectivity index (χ2v) is 9.72. The number of ether oxygens (including phenoxy) is 4. The Morgan fingerprint density at radius 3 is 2.55 bits per heavy atom. The standard InChI is InChI=1S/C32H26N4O4/c1-19-8-12-22(13-9-19)39-17-27-34-31-29-28(21-11-15-25(37-2)26(16-21)38-3)24-14-10-20-6-4-5-7-23(20)30(24)40-32(29)33-18-36(31)35-27/h4-16,18,28H,17H2,1-3H3/t28-/m0/s1. The second kappa shape index (κ2) is 9.57. The minimum absolute atomic E-state index is 0.225. The maximum Gasteiger partial charge on any atom is 0.228 e. The van der Waals surface area contributed by atoms with E-state index in [2.05, 4.69) is 34.3 Å². The molecule has 0 amide bonds. The van der Waals surface area contributed by atoms with Crippen LogP contribution in [0.1, 0.15) is 34.0 Å². The Balaban J connectivity index is 1.39.